The predicted octanol–water partition coefficient (Wildman–Crippen LogP) is 6.67. The van der Waals surface area contributed by atoms with Gasteiger partial charge in [-0.3, -0.25) is 9.10 Å². The van der Waals surface area contributed by atoms with Gasteiger partial charge >= 0.3 is 0 Å². The number of benzene rings is 3. The molecule has 7 nitrogen and oxygen atoms in total. The molecule has 3 aromatic carbocycles. The van der Waals surface area contributed by atoms with Crippen LogP contribution in [0.5, 0.6) is 0 Å². The van der Waals surface area contributed by atoms with E-state index in [1.54, 1.807) is 42.5 Å². The Kier molecular flexibility index (Phi) is 8.73. The third kappa shape index (κ3) is 5.94. The molecule has 1 amide bonds. The predicted molar refractivity (Wildman–Crippen MR) is 163 cm³/mol. The molecule has 10 heteroatoms. The minimum Gasteiger partial charge on any atom is -0.316 e. The van der Waals surface area contributed by atoms with Crippen LogP contribution in [0, 0.1) is 34.6 Å². The molecule has 0 aliphatic rings. The van der Waals surface area contributed by atoms with E-state index in [0.29, 0.717) is 15.7 Å². The highest BCUT2D eigenvalue weighted by Gasteiger charge is 2.28. The molecule has 0 unspecified atom stereocenters. The van der Waals surface area contributed by atoms with E-state index in [2.05, 4.69) is 10.5 Å². The van der Waals surface area contributed by atoms with Crippen molar-refractivity contribution in [1.29, 1.82) is 0 Å². The Morgan fingerprint density at radius 1 is 0.975 bits per heavy atom. The molecule has 4 rings (SSSR count). The van der Waals surface area contributed by atoms with Crippen molar-refractivity contribution >= 4 is 51.0 Å². The fourth-order valence-electron chi connectivity index (χ4n) is 4.44. The first kappa shape index (κ1) is 29.4. The molecule has 1 heterocycles. The zero-order chi connectivity index (χ0) is 29.2. The zero-order valence-electron chi connectivity index (χ0n) is 22.9. The van der Waals surface area contributed by atoms with Gasteiger partial charge in [0.1, 0.15) is 6.54 Å². The van der Waals surface area contributed by atoms with E-state index >= 15 is 0 Å². The van der Waals surface area contributed by atoms with Crippen molar-refractivity contribution < 1.29 is 13.2 Å². The van der Waals surface area contributed by atoms with E-state index < -0.39 is 22.5 Å². The van der Waals surface area contributed by atoms with Gasteiger partial charge in [0.05, 0.1) is 32.5 Å². The summed E-state index contributed by atoms with van der Waals surface area (Å²) in [6.45, 7) is 9.00. The second kappa shape index (κ2) is 11.9. The van der Waals surface area contributed by atoms with Gasteiger partial charge in [-0.05, 0) is 82.1 Å². The van der Waals surface area contributed by atoms with E-state index in [-0.39, 0.29) is 4.90 Å². The number of carbonyl (C=O) groups excluding carboxylic acids is 1. The third-order valence-corrected chi connectivity index (χ3v) is 9.36. The van der Waals surface area contributed by atoms with Crippen LogP contribution in [0.1, 0.15) is 33.6 Å². The molecule has 0 aliphatic heterocycles. The number of hydrogen-bond acceptors (Lipinski definition) is 4. The number of nitrogens with one attached hydrogen (secondary N) is 1. The summed E-state index contributed by atoms with van der Waals surface area (Å²) >= 11 is 12.6. The number of halogens is 2. The molecular weight excluding hydrogens is 567 g/mol. The number of hydrazone groups is 1. The molecule has 0 radical (unpaired) electrons. The molecule has 0 bridgehead atoms. The average molecular weight is 598 g/mol. The fourth-order valence-corrected chi connectivity index (χ4v) is 6.30. The molecule has 0 saturated heterocycles. The molecule has 0 atom stereocenters. The Morgan fingerprint density at radius 3 is 2.35 bits per heavy atom. The first-order chi connectivity index (χ1) is 18.9. The quantitative estimate of drug-likeness (QED) is 0.182. The van der Waals surface area contributed by atoms with Crippen LogP contribution >= 0.6 is 23.2 Å². The second-order valence-electron chi connectivity index (χ2n) is 9.57. The van der Waals surface area contributed by atoms with Gasteiger partial charge in [0, 0.05) is 17.0 Å². The summed E-state index contributed by atoms with van der Waals surface area (Å²) in [6, 6.07) is 19.2. The molecule has 4 aromatic rings. The van der Waals surface area contributed by atoms with E-state index in [1.807, 2.05) is 63.5 Å². The molecule has 1 N–H and O–H groups in total. The largest absolute Gasteiger partial charge is 0.316 e. The maximum absolute atomic E-state index is 13.7. The highest BCUT2D eigenvalue weighted by atomic mass is 35.5. The van der Waals surface area contributed by atoms with Crippen LogP contribution < -0.4 is 9.73 Å². The van der Waals surface area contributed by atoms with E-state index in [4.69, 9.17) is 23.2 Å². The minimum atomic E-state index is -4.04. The van der Waals surface area contributed by atoms with Crippen molar-refractivity contribution in [1.82, 2.24) is 9.99 Å². The average Bonchev–Trinajstić information content (AvgIpc) is 3.19. The summed E-state index contributed by atoms with van der Waals surface area (Å²) in [6.07, 6.45) is 1.52. The molecule has 208 valence electrons. The number of aryl methyl sites for hydroxylation is 3. The van der Waals surface area contributed by atoms with Gasteiger partial charge in [0.15, 0.2) is 0 Å². The molecule has 0 saturated carbocycles. The van der Waals surface area contributed by atoms with Gasteiger partial charge in [0.25, 0.3) is 15.9 Å². The number of carbonyl (C=O) groups is 1. The number of hydrogen-bond donors (Lipinski definition) is 1. The lowest BCUT2D eigenvalue weighted by molar-refractivity contribution is -0.119. The van der Waals surface area contributed by atoms with Gasteiger partial charge in [-0.2, -0.15) is 5.10 Å². The van der Waals surface area contributed by atoms with Gasteiger partial charge in [-0.1, -0.05) is 59.1 Å². The lowest BCUT2D eigenvalue weighted by atomic mass is 10.1. The topological polar surface area (TPSA) is 83.8 Å². The molecule has 1 aromatic heterocycles. The first-order valence-corrected chi connectivity index (χ1v) is 14.7. The Bertz CT molecular complexity index is 1710. The van der Waals surface area contributed by atoms with Crippen LogP contribution in [0.2, 0.25) is 10.0 Å². The van der Waals surface area contributed by atoms with E-state index in [9.17, 15) is 13.2 Å². The number of rotatable bonds is 8. The lowest BCUT2D eigenvalue weighted by Gasteiger charge is -2.26. The van der Waals surface area contributed by atoms with Crippen molar-refractivity contribution in [3.8, 4) is 5.69 Å². The summed E-state index contributed by atoms with van der Waals surface area (Å²) in [5.41, 5.74) is 8.76. The number of aromatic nitrogens is 1. The standard InChI is InChI=1S/C30H30Cl2N4O3S/c1-19-12-14-25(15-13-19)40(38,39)35(27-10-6-8-20(2)22(27)4)18-29(37)34-33-17-24-16-21(3)36(23(24)5)28-11-7-9-26(31)30(28)32/h6-17H,18H2,1-5H3,(H,34,37)/b33-17-. The monoisotopic (exact) mass is 596 g/mol. The van der Waals surface area contributed by atoms with Crippen LogP contribution in [0.15, 0.2) is 76.7 Å². The summed E-state index contributed by atoms with van der Waals surface area (Å²) in [5.74, 6) is -0.584. The third-order valence-electron chi connectivity index (χ3n) is 6.78. The van der Waals surface area contributed by atoms with Crippen molar-refractivity contribution in [2.75, 3.05) is 10.8 Å². The Balaban J connectivity index is 1.60. The maximum atomic E-state index is 13.7. The Labute approximate surface area is 245 Å². The maximum Gasteiger partial charge on any atom is 0.264 e. The highest BCUT2D eigenvalue weighted by Crippen LogP contribution is 2.32. The van der Waals surface area contributed by atoms with Gasteiger partial charge < -0.3 is 4.57 Å². The number of amides is 1. The second-order valence-corrected chi connectivity index (χ2v) is 12.2. The van der Waals surface area contributed by atoms with E-state index in [1.165, 1.54) is 6.21 Å². The zero-order valence-corrected chi connectivity index (χ0v) is 25.2. The normalized spacial score (nSPS) is 11.7. The Hall–Kier alpha value is -3.59. The van der Waals surface area contributed by atoms with Crippen LogP contribution in [-0.4, -0.2) is 31.7 Å². The number of sulfonamides is 1. The number of nitrogens with zero attached hydrogens (tertiary/aromatic N) is 3. The molecule has 40 heavy (non-hydrogen) atoms. The number of anilines is 1. The summed E-state index contributed by atoms with van der Waals surface area (Å²) in [4.78, 5) is 13.1. The van der Waals surface area contributed by atoms with Crippen molar-refractivity contribution in [3.05, 3.63) is 110 Å². The SMILES string of the molecule is Cc1ccc(S(=O)(=O)N(CC(=O)N/N=C\c2cc(C)n(-c3cccc(Cl)c3Cl)c2C)c2cccc(C)c2C)cc1. The van der Waals surface area contributed by atoms with Crippen LogP contribution in [0.25, 0.3) is 5.69 Å². The van der Waals surface area contributed by atoms with Crippen molar-refractivity contribution in [2.24, 2.45) is 5.10 Å². The van der Waals surface area contributed by atoms with E-state index in [0.717, 1.165) is 43.6 Å². The molecule has 0 aliphatic carbocycles. The van der Waals surface area contributed by atoms with Crippen LogP contribution in [-0.2, 0) is 14.8 Å². The molecular formula is C30H30Cl2N4O3S. The van der Waals surface area contributed by atoms with Crippen molar-refractivity contribution in [3.63, 3.8) is 0 Å². The summed E-state index contributed by atoms with van der Waals surface area (Å²) < 4.78 is 30.5. The smallest absolute Gasteiger partial charge is 0.264 e. The molecule has 0 spiro atoms. The van der Waals surface area contributed by atoms with Gasteiger partial charge in [-0.25, -0.2) is 13.8 Å². The van der Waals surface area contributed by atoms with Crippen LogP contribution in [0.4, 0.5) is 5.69 Å². The summed E-state index contributed by atoms with van der Waals surface area (Å²) in [5, 5.41) is 5.01. The Morgan fingerprint density at radius 2 is 1.65 bits per heavy atom. The lowest BCUT2D eigenvalue weighted by Crippen LogP contribution is -2.40. The fraction of sp³-hybridized carbons (Fsp3) is 0.200. The van der Waals surface area contributed by atoms with Crippen molar-refractivity contribution in [2.45, 2.75) is 39.5 Å². The highest BCUT2D eigenvalue weighted by molar-refractivity contribution is 7.92. The minimum absolute atomic E-state index is 0.0995. The van der Waals surface area contributed by atoms with Crippen LogP contribution in [0.3, 0.4) is 0 Å². The molecule has 0 fully saturated rings. The van der Waals surface area contributed by atoms with Gasteiger partial charge in [-0.15, -0.1) is 0 Å². The summed E-state index contributed by atoms with van der Waals surface area (Å²) in [7, 11) is -4.04. The van der Waals surface area contributed by atoms with Gasteiger partial charge in [0.2, 0.25) is 0 Å². The first-order valence-electron chi connectivity index (χ1n) is 12.5.